The lowest BCUT2D eigenvalue weighted by Crippen LogP contribution is -2.29. The normalized spacial score (nSPS) is 10.2. The Balaban J connectivity index is 1.85. The zero-order chi connectivity index (χ0) is 13.5. The molecule has 98 valence electrons. The summed E-state index contributed by atoms with van der Waals surface area (Å²) in [5.41, 5.74) is 5.06. The van der Waals surface area contributed by atoms with E-state index in [4.69, 9.17) is 5.84 Å². The van der Waals surface area contributed by atoms with Gasteiger partial charge in [0.25, 0.3) is 5.91 Å². The predicted molar refractivity (Wildman–Crippen MR) is 75.1 cm³/mol. The van der Waals surface area contributed by atoms with Gasteiger partial charge in [-0.2, -0.15) is 0 Å². The summed E-state index contributed by atoms with van der Waals surface area (Å²) >= 11 is 0. The molecule has 0 atom stereocenters. The Kier molecular flexibility index (Phi) is 4.66. The first-order valence-corrected chi connectivity index (χ1v) is 6.14. The zero-order valence-corrected chi connectivity index (χ0v) is 10.6. The van der Waals surface area contributed by atoms with Crippen LogP contribution in [0.15, 0.2) is 54.6 Å². The number of nitrogens with one attached hydrogen (secondary N) is 2. The van der Waals surface area contributed by atoms with Crippen molar-refractivity contribution >= 4 is 5.91 Å². The van der Waals surface area contributed by atoms with Crippen LogP contribution in [0.4, 0.5) is 0 Å². The monoisotopic (exact) mass is 255 g/mol. The van der Waals surface area contributed by atoms with Gasteiger partial charge in [-0.25, -0.2) is 5.84 Å². The number of carbonyl (C=O) groups is 1. The second-order valence-electron chi connectivity index (χ2n) is 4.26. The molecule has 0 unspecified atom stereocenters. The molecule has 0 saturated carbocycles. The Labute approximate surface area is 112 Å². The first kappa shape index (κ1) is 13.3. The topological polar surface area (TPSA) is 67.1 Å². The zero-order valence-electron chi connectivity index (χ0n) is 10.6. The fraction of sp³-hybridized carbons (Fsp3) is 0.133. The molecule has 4 heteroatoms. The van der Waals surface area contributed by atoms with Crippen LogP contribution in [0.2, 0.25) is 0 Å². The maximum absolute atomic E-state index is 11.3. The number of carbonyl (C=O) groups excluding carboxylic acids is 1. The van der Waals surface area contributed by atoms with E-state index in [0.717, 1.165) is 18.7 Å². The molecule has 0 aliphatic rings. The van der Waals surface area contributed by atoms with Crippen LogP contribution in [-0.2, 0) is 13.1 Å². The smallest absolute Gasteiger partial charge is 0.265 e. The standard InChI is InChI=1S/C15H17N3O/c16-18-15(19)14-8-6-13(7-9-14)11-17-10-12-4-2-1-3-5-12/h1-9,17H,10-11,16H2,(H,18,19). The third-order valence-electron chi connectivity index (χ3n) is 2.85. The molecule has 1 amide bonds. The van der Waals surface area contributed by atoms with Gasteiger partial charge in [0.2, 0.25) is 0 Å². The Morgan fingerprint density at radius 2 is 1.47 bits per heavy atom. The Bertz CT molecular complexity index is 523. The summed E-state index contributed by atoms with van der Waals surface area (Å²) in [6.45, 7) is 1.59. The van der Waals surface area contributed by atoms with Gasteiger partial charge < -0.3 is 5.32 Å². The van der Waals surface area contributed by atoms with Crippen molar-refractivity contribution in [2.24, 2.45) is 5.84 Å². The first-order chi connectivity index (χ1) is 9.29. The predicted octanol–water partition coefficient (Wildman–Crippen LogP) is 1.58. The summed E-state index contributed by atoms with van der Waals surface area (Å²) < 4.78 is 0. The molecule has 0 saturated heterocycles. The van der Waals surface area contributed by atoms with E-state index in [1.165, 1.54) is 5.56 Å². The minimum Gasteiger partial charge on any atom is -0.309 e. The van der Waals surface area contributed by atoms with Crippen LogP contribution >= 0.6 is 0 Å². The Morgan fingerprint density at radius 3 is 2.05 bits per heavy atom. The Morgan fingerprint density at radius 1 is 0.895 bits per heavy atom. The van der Waals surface area contributed by atoms with Crippen LogP contribution in [0.25, 0.3) is 0 Å². The minimum absolute atomic E-state index is 0.274. The molecule has 0 fully saturated rings. The molecule has 0 aliphatic carbocycles. The highest BCUT2D eigenvalue weighted by Crippen LogP contribution is 2.05. The van der Waals surface area contributed by atoms with Crippen molar-refractivity contribution in [1.82, 2.24) is 10.7 Å². The van der Waals surface area contributed by atoms with Crippen molar-refractivity contribution in [3.05, 3.63) is 71.3 Å². The fourth-order valence-corrected chi connectivity index (χ4v) is 1.80. The number of nitrogens with two attached hydrogens (primary N) is 1. The van der Waals surface area contributed by atoms with Crippen LogP contribution in [-0.4, -0.2) is 5.91 Å². The molecule has 19 heavy (non-hydrogen) atoms. The number of rotatable bonds is 5. The molecular weight excluding hydrogens is 238 g/mol. The van der Waals surface area contributed by atoms with E-state index < -0.39 is 0 Å². The van der Waals surface area contributed by atoms with Gasteiger partial charge in [0.15, 0.2) is 0 Å². The van der Waals surface area contributed by atoms with Crippen molar-refractivity contribution in [3.8, 4) is 0 Å². The van der Waals surface area contributed by atoms with Crippen LogP contribution in [0.1, 0.15) is 21.5 Å². The Hall–Kier alpha value is -2.17. The van der Waals surface area contributed by atoms with Crippen molar-refractivity contribution < 1.29 is 4.79 Å². The SMILES string of the molecule is NNC(=O)c1ccc(CNCc2ccccc2)cc1. The summed E-state index contributed by atoms with van der Waals surface area (Å²) in [7, 11) is 0. The van der Waals surface area contributed by atoms with E-state index in [9.17, 15) is 4.79 Å². The summed E-state index contributed by atoms with van der Waals surface area (Å²) in [6.07, 6.45) is 0. The van der Waals surface area contributed by atoms with E-state index in [2.05, 4.69) is 22.9 Å². The minimum atomic E-state index is -0.274. The van der Waals surface area contributed by atoms with E-state index >= 15 is 0 Å². The second-order valence-corrected chi connectivity index (χ2v) is 4.26. The third kappa shape index (κ3) is 3.91. The highest BCUT2D eigenvalue weighted by atomic mass is 16.2. The first-order valence-electron chi connectivity index (χ1n) is 6.14. The molecule has 0 bridgehead atoms. The third-order valence-corrected chi connectivity index (χ3v) is 2.85. The molecule has 0 aliphatic heterocycles. The molecule has 0 heterocycles. The molecule has 2 aromatic rings. The largest absolute Gasteiger partial charge is 0.309 e. The highest BCUT2D eigenvalue weighted by Gasteiger charge is 2.02. The molecule has 2 rings (SSSR count). The van der Waals surface area contributed by atoms with Crippen molar-refractivity contribution in [1.29, 1.82) is 0 Å². The summed E-state index contributed by atoms with van der Waals surface area (Å²) in [6, 6.07) is 17.6. The van der Waals surface area contributed by atoms with E-state index in [1.54, 1.807) is 12.1 Å². The molecule has 2 aromatic carbocycles. The molecule has 0 spiro atoms. The van der Waals surface area contributed by atoms with Gasteiger partial charge in [-0.15, -0.1) is 0 Å². The van der Waals surface area contributed by atoms with Crippen molar-refractivity contribution in [2.75, 3.05) is 0 Å². The van der Waals surface area contributed by atoms with Crippen LogP contribution in [0.3, 0.4) is 0 Å². The second kappa shape index (κ2) is 6.68. The molecule has 0 radical (unpaired) electrons. The average Bonchev–Trinajstić information content (AvgIpc) is 2.48. The average molecular weight is 255 g/mol. The van der Waals surface area contributed by atoms with E-state index in [-0.39, 0.29) is 5.91 Å². The molecule has 4 N–H and O–H groups in total. The van der Waals surface area contributed by atoms with Crippen LogP contribution in [0, 0.1) is 0 Å². The number of amides is 1. The van der Waals surface area contributed by atoms with Gasteiger partial charge in [0, 0.05) is 18.7 Å². The summed E-state index contributed by atoms with van der Waals surface area (Å²) in [4.78, 5) is 11.3. The highest BCUT2D eigenvalue weighted by molar-refractivity contribution is 5.93. The number of nitrogen functional groups attached to an aromatic ring is 1. The van der Waals surface area contributed by atoms with Gasteiger partial charge in [-0.3, -0.25) is 10.2 Å². The van der Waals surface area contributed by atoms with Gasteiger partial charge in [0.05, 0.1) is 0 Å². The van der Waals surface area contributed by atoms with Gasteiger partial charge >= 0.3 is 0 Å². The van der Waals surface area contributed by atoms with Crippen LogP contribution < -0.4 is 16.6 Å². The maximum Gasteiger partial charge on any atom is 0.265 e. The van der Waals surface area contributed by atoms with Gasteiger partial charge in [-0.1, -0.05) is 42.5 Å². The van der Waals surface area contributed by atoms with E-state index in [0.29, 0.717) is 5.56 Å². The molecule has 0 aromatic heterocycles. The van der Waals surface area contributed by atoms with Crippen molar-refractivity contribution in [3.63, 3.8) is 0 Å². The summed E-state index contributed by atoms with van der Waals surface area (Å²) in [5.74, 6) is 4.80. The number of hydrogen-bond donors (Lipinski definition) is 3. The van der Waals surface area contributed by atoms with Crippen LogP contribution in [0.5, 0.6) is 0 Å². The molecular formula is C15H17N3O. The maximum atomic E-state index is 11.3. The van der Waals surface area contributed by atoms with Crippen molar-refractivity contribution in [2.45, 2.75) is 13.1 Å². The molecule has 4 nitrogen and oxygen atoms in total. The number of hydrogen-bond acceptors (Lipinski definition) is 3. The summed E-state index contributed by atoms with van der Waals surface area (Å²) in [5, 5.41) is 3.36. The lowest BCUT2D eigenvalue weighted by atomic mass is 10.1. The number of benzene rings is 2. The number of hydrazine groups is 1. The lowest BCUT2D eigenvalue weighted by molar-refractivity contribution is 0.0953. The van der Waals surface area contributed by atoms with Gasteiger partial charge in [-0.05, 0) is 23.3 Å². The van der Waals surface area contributed by atoms with Gasteiger partial charge in [0.1, 0.15) is 0 Å². The lowest BCUT2D eigenvalue weighted by Gasteiger charge is -2.06. The van der Waals surface area contributed by atoms with E-state index in [1.807, 2.05) is 30.3 Å². The quantitative estimate of drug-likeness (QED) is 0.432. The fourth-order valence-electron chi connectivity index (χ4n) is 1.80.